The molecule has 0 radical (unpaired) electrons. The van der Waals surface area contributed by atoms with Crippen LogP contribution in [-0.2, 0) is 0 Å². The van der Waals surface area contributed by atoms with Crippen LogP contribution in [0.3, 0.4) is 0 Å². The van der Waals surface area contributed by atoms with Crippen molar-refractivity contribution < 1.29 is 0 Å². The van der Waals surface area contributed by atoms with Gasteiger partial charge in [-0.25, -0.2) is 0 Å². The third kappa shape index (κ3) is 0.741. The van der Waals surface area contributed by atoms with Gasteiger partial charge in [0.1, 0.15) is 0 Å². The molecule has 0 amide bonds. The van der Waals surface area contributed by atoms with E-state index in [0.29, 0.717) is 0 Å². The molecule has 0 aromatic heterocycles. The summed E-state index contributed by atoms with van der Waals surface area (Å²) in [7, 11) is 0. The van der Waals surface area contributed by atoms with Crippen LogP contribution >= 0.6 is 0 Å². The average Bonchev–Trinajstić information content (AvgIpc) is 2.40. The van der Waals surface area contributed by atoms with Crippen LogP contribution in [0, 0.1) is 23.2 Å². The van der Waals surface area contributed by atoms with Crippen LogP contribution in [0.1, 0.15) is 40.0 Å². The van der Waals surface area contributed by atoms with Gasteiger partial charge in [-0.2, -0.15) is 0 Å². The summed E-state index contributed by atoms with van der Waals surface area (Å²) in [5.74, 6) is 3.10. The zero-order chi connectivity index (χ0) is 7.35. The summed E-state index contributed by atoms with van der Waals surface area (Å²) in [4.78, 5) is 0. The topological polar surface area (TPSA) is 0 Å². The number of hydrogen-bond acceptors (Lipinski definition) is 0. The Morgan fingerprint density at radius 1 is 1.20 bits per heavy atom. The Bertz CT molecular complexity index is 140. The van der Waals surface area contributed by atoms with Gasteiger partial charge in [0.2, 0.25) is 0 Å². The van der Waals surface area contributed by atoms with E-state index in [1.165, 1.54) is 12.8 Å². The average molecular weight is 138 g/mol. The minimum Gasteiger partial charge on any atom is -0.0625 e. The highest BCUT2D eigenvalue weighted by Gasteiger charge is 2.60. The van der Waals surface area contributed by atoms with E-state index < -0.39 is 0 Å². The van der Waals surface area contributed by atoms with Crippen LogP contribution in [0.25, 0.3) is 0 Å². The Kier molecular flexibility index (Phi) is 1.19. The molecule has 0 bridgehead atoms. The van der Waals surface area contributed by atoms with E-state index in [1.54, 1.807) is 6.42 Å². The summed E-state index contributed by atoms with van der Waals surface area (Å²) < 4.78 is 0. The first-order valence-electron chi connectivity index (χ1n) is 4.64. The lowest BCUT2D eigenvalue weighted by molar-refractivity contribution is 0.153. The van der Waals surface area contributed by atoms with Gasteiger partial charge in [0.25, 0.3) is 0 Å². The molecule has 0 aliphatic heterocycles. The van der Waals surface area contributed by atoms with E-state index in [9.17, 15) is 0 Å². The van der Waals surface area contributed by atoms with Crippen LogP contribution in [0.2, 0.25) is 0 Å². The third-order valence-electron chi connectivity index (χ3n) is 3.57. The van der Waals surface area contributed by atoms with E-state index >= 15 is 0 Å². The summed E-state index contributed by atoms with van der Waals surface area (Å²) in [5, 5.41) is 0. The maximum atomic E-state index is 2.39. The smallest absolute Gasteiger partial charge is 0.0259 e. The molecule has 0 heterocycles. The van der Waals surface area contributed by atoms with Crippen molar-refractivity contribution in [2.75, 3.05) is 0 Å². The Morgan fingerprint density at radius 3 is 2.10 bits per heavy atom. The first-order valence-corrected chi connectivity index (χ1v) is 4.64. The molecular formula is C10H18. The molecular weight excluding hydrogens is 120 g/mol. The van der Waals surface area contributed by atoms with Crippen molar-refractivity contribution in [3.8, 4) is 0 Å². The van der Waals surface area contributed by atoms with Gasteiger partial charge in [0.15, 0.2) is 0 Å². The summed E-state index contributed by atoms with van der Waals surface area (Å²) >= 11 is 0. The molecule has 1 unspecified atom stereocenters. The Morgan fingerprint density at radius 2 is 1.80 bits per heavy atom. The third-order valence-corrected chi connectivity index (χ3v) is 3.57. The molecule has 2 rings (SSSR count). The van der Waals surface area contributed by atoms with Crippen LogP contribution in [-0.4, -0.2) is 0 Å². The maximum Gasteiger partial charge on any atom is -0.0259 e. The lowest BCUT2D eigenvalue weighted by atomic mass is 9.70. The minimum atomic E-state index is 0.883. The molecule has 2 aliphatic carbocycles. The molecule has 0 aromatic rings. The van der Waals surface area contributed by atoms with Crippen LogP contribution in [0.5, 0.6) is 0 Å². The summed E-state index contributed by atoms with van der Waals surface area (Å²) in [6.07, 6.45) is 4.63. The maximum absolute atomic E-state index is 2.39. The largest absolute Gasteiger partial charge is 0.0625 e. The molecule has 0 aromatic carbocycles. The van der Waals surface area contributed by atoms with Crippen molar-refractivity contribution in [2.24, 2.45) is 23.2 Å². The molecule has 0 heteroatoms. The highest BCUT2D eigenvalue weighted by atomic mass is 14.6. The van der Waals surface area contributed by atoms with E-state index in [0.717, 1.165) is 23.2 Å². The van der Waals surface area contributed by atoms with E-state index in [-0.39, 0.29) is 0 Å². The molecule has 0 nitrogen and oxygen atoms in total. The monoisotopic (exact) mass is 138 g/mol. The predicted molar refractivity (Wildman–Crippen MR) is 43.8 cm³/mol. The second-order valence-electron chi connectivity index (χ2n) is 4.93. The van der Waals surface area contributed by atoms with Gasteiger partial charge >= 0.3 is 0 Å². The summed E-state index contributed by atoms with van der Waals surface area (Å²) in [6.45, 7) is 7.14. The number of rotatable bonds is 1. The molecule has 10 heavy (non-hydrogen) atoms. The standard InChI is InChI=1S/C10H18/c1-7(2)9-6-10(9)4-8(3)5-10/h7-9H,4-6H2,1-3H3. The Labute approximate surface area is 64.0 Å². The zero-order valence-corrected chi connectivity index (χ0v) is 7.35. The number of hydrogen-bond donors (Lipinski definition) is 0. The van der Waals surface area contributed by atoms with Crippen LogP contribution in [0.4, 0.5) is 0 Å². The zero-order valence-electron chi connectivity index (χ0n) is 7.35. The first-order chi connectivity index (χ1) is 4.64. The fraction of sp³-hybridized carbons (Fsp3) is 1.00. The lowest BCUT2D eigenvalue weighted by Gasteiger charge is -2.35. The molecule has 1 spiro atoms. The SMILES string of the molecule is CC1CC2(C1)CC2C(C)C. The normalized spacial score (nSPS) is 51.6. The van der Waals surface area contributed by atoms with E-state index in [2.05, 4.69) is 20.8 Å². The highest BCUT2D eigenvalue weighted by Crippen LogP contribution is 2.69. The molecule has 0 saturated heterocycles. The van der Waals surface area contributed by atoms with Gasteiger partial charge in [-0.15, -0.1) is 0 Å². The van der Waals surface area contributed by atoms with Crippen molar-refractivity contribution >= 4 is 0 Å². The molecule has 2 saturated carbocycles. The van der Waals surface area contributed by atoms with Gasteiger partial charge < -0.3 is 0 Å². The van der Waals surface area contributed by atoms with Crippen molar-refractivity contribution in [1.29, 1.82) is 0 Å². The minimum absolute atomic E-state index is 0.883. The second kappa shape index (κ2) is 1.78. The highest BCUT2D eigenvalue weighted by molar-refractivity contribution is 5.10. The fourth-order valence-electron chi connectivity index (χ4n) is 3.12. The van der Waals surface area contributed by atoms with E-state index in [1.807, 2.05) is 0 Å². The Hall–Kier alpha value is 0. The Balaban J connectivity index is 1.90. The van der Waals surface area contributed by atoms with Gasteiger partial charge in [-0.05, 0) is 42.4 Å². The van der Waals surface area contributed by atoms with Crippen molar-refractivity contribution in [3.05, 3.63) is 0 Å². The molecule has 2 fully saturated rings. The van der Waals surface area contributed by atoms with Crippen LogP contribution in [0.15, 0.2) is 0 Å². The van der Waals surface area contributed by atoms with Crippen molar-refractivity contribution in [2.45, 2.75) is 40.0 Å². The first kappa shape index (κ1) is 6.69. The molecule has 58 valence electrons. The molecule has 1 atom stereocenters. The van der Waals surface area contributed by atoms with Gasteiger partial charge in [0.05, 0.1) is 0 Å². The quantitative estimate of drug-likeness (QED) is 0.522. The summed E-state index contributed by atoms with van der Waals surface area (Å²) in [6, 6.07) is 0. The predicted octanol–water partition coefficient (Wildman–Crippen LogP) is 3.08. The van der Waals surface area contributed by atoms with Gasteiger partial charge in [0, 0.05) is 0 Å². The molecule has 2 aliphatic rings. The molecule has 0 N–H and O–H groups in total. The fourth-order valence-corrected chi connectivity index (χ4v) is 3.12. The van der Waals surface area contributed by atoms with Crippen molar-refractivity contribution in [1.82, 2.24) is 0 Å². The van der Waals surface area contributed by atoms with Gasteiger partial charge in [-0.3, -0.25) is 0 Å². The van der Waals surface area contributed by atoms with Crippen LogP contribution < -0.4 is 0 Å². The lowest BCUT2D eigenvalue weighted by Crippen LogP contribution is -2.25. The van der Waals surface area contributed by atoms with Crippen molar-refractivity contribution in [3.63, 3.8) is 0 Å². The second-order valence-corrected chi connectivity index (χ2v) is 4.93. The van der Waals surface area contributed by atoms with E-state index in [4.69, 9.17) is 0 Å². The van der Waals surface area contributed by atoms with Gasteiger partial charge in [-0.1, -0.05) is 20.8 Å². The summed E-state index contributed by atoms with van der Waals surface area (Å²) in [5.41, 5.74) is 0.883.